The zero-order valence-electron chi connectivity index (χ0n) is 16.1. The molecule has 0 bridgehead atoms. The van der Waals surface area contributed by atoms with Crippen LogP contribution in [0.15, 0.2) is 43.9 Å². The smallest absolute Gasteiger partial charge is 0.215 e. The average molecular weight is 435 g/mol. The molecule has 0 radical (unpaired) electrons. The molecular weight excluding hydrogens is 412 g/mol. The molecule has 2 aromatic rings. The van der Waals surface area contributed by atoms with Crippen molar-refractivity contribution in [1.29, 1.82) is 5.26 Å². The van der Waals surface area contributed by atoms with Gasteiger partial charge in [-0.25, -0.2) is 8.42 Å². The Morgan fingerprint density at radius 1 is 1.45 bits per heavy atom. The maximum atomic E-state index is 13.1. The second-order valence-corrected chi connectivity index (χ2v) is 10.3. The second-order valence-electron chi connectivity index (χ2n) is 7.16. The van der Waals surface area contributed by atoms with Crippen LogP contribution >= 0.6 is 11.3 Å². The first-order valence-electron chi connectivity index (χ1n) is 9.08. The van der Waals surface area contributed by atoms with Crippen LogP contribution < -0.4 is 0 Å². The number of rotatable bonds is 5. The average Bonchev–Trinajstić information content (AvgIpc) is 3.19. The van der Waals surface area contributed by atoms with Gasteiger partial charge in [-0.2, -0.15) is 5.26 Å². The summed E-state index contributed by atoms with van der Waals surface area (Å²) < 4.78 is 31.9. The summed E-state index contributed by atoms with van der Waals surface area (Å²) in [7, 11) is -3.82. The molecule has 2 atom stereocenters. The van der Waals surface area contributed by atoms with E-state index in [-0.39, 0.29) is 21.6 Å². The Morgan fingerprint density at radius 3 is 2.86 bits per heavy atom. The largest absolute Gasteiger partial charge is 0.411 e. The lowest BCUT2D eigenvalue weighted by molar-refractivity contribution is -0.101. The van der Waals surface area contributed by atoms with E-state index in [1.165, 1.54) is 24.3 Å². The van der Waals surface area contributed by atoms with Crippen molar-refractivity contribution < 1.29 is 23.5 Å². The Labute approximate surface area is 173 Å². The van der Waals surface area contributed by atoms with Crippen molar-refractivity contribution in [3.8, 4) is 6.07 Å². The monoisotopic (exact) mass is 434 g/mol. The Hall–Kier alpha value is -2.25. The molecule has 1 saturated heterocycles. The normalized spacial score (nSPS) is 23.0. The minimum absolute atomic E-state index is 0.0150. The summed E-state index contributed by atoms with van der Waals surface area (Å²) in [5.41, 5.74) is 0.761. The van der Waals surface area contributed by atoms with E-state index in [0.717, 1.165) is 11.3 Å². The number of thiophene rings is 1. The van der Waals surface area contributed by atoms with Gasteiger partial charge in [-0.3, -0.25) is 0 Å². The molecule has 0 amide bonds. The summed E-state index contributed by atoms with van der Waals surface area (Å²) in [5.74, 6) is 0. The number of oxime groups is 1. The van der Waals surface area contributed by atoms with E-state index in [4.69, 9.17) is 15.2 Å². The molecule has 2 heterocycles. The summed E-state index contributed by atoms with van der Waals surface area (Å²) >= 11 is 1.06. The lowest BCUT2D eigenvalue weighted by atomic mass is 9.86. The highest BCUT2D eigenvalue weighted by Crippen LogP contribution is 2.39. The maximum absolute atomic E-state index is 13.1. The fraction of sp³-hybridized carbons (Fsp3) is 0.400. The molecule has 0 saturated carbocycles. The van der Waals surface area contributed by atoms with Crippen LogP contribution in [0.4, 0.5) is 0 Å². The van der Waals surface area contributed by atoms with Gasteiger partial charge < -0.3 is 15.1 Å². The molecule has 1 fully saturated rings. The van der Waals surface area contributed by atoms with Crippen LogP contribution in [0.5, 0.6) is 0 Å². The van der Waals surface area contributed by atoms with Gasteiger partial charge in [0.15, 0.2) is 0 Å². The third-order valence-electron chi connectivity index (χ3n) is 5.12. The molecule has 7 nitrogen and oxygen atoms in total. The number of nitriles is 1. The van der Waals surface area contributed by atoms with Gasteiger partial charge in [0.25, 0.3) is 0 Å². The first kappa shape index (κ1) is 21.5. The van der Waals surface area contributed by atoms with E-state index >= 15 is 0 Å². The highest BCUT2D eigenvalue weighted by Gasteiger charge is 2.36. The van der Waals surface area contributed by atoms with E-state index < -0.39 is 15.4 Å². The van der Waals surface area contributed by atoms with Crippen LogP contribution in [0.1, 0.15) is 43.4 Å². The number of nitrogens with zero attached hydrogens (tertiary/aromatic N) is 2. The van der Waals surface area contributed by atoms with Gasteiger partial charge in [0, 0.05) is 18.4 Å². The van der Waals surface area contributed by atoms with Crippen LogP contribution in [-0.2, 0) is 26.6 Å². The molecule has 1 aromatic heterocycles. The number of hydrogen-bond acceptors (Lipinski definition) is 8. The van der Waals surface area contributed by atoms with E-state index in [1.807, 2.05) is 13.0 Å². The summed E-state index contributed by atoms with van der Waals surface area (Å²) in [6.45, 7) is 3.87. The Balaban J connectivity index is 1.99. The van der Waals surface area contributed by atoms with Crippen molar-refractivity contribution in [1.82, 2.24) is 0 Å². The highest BCUT2D eigenvalue weighted by atomic mass is 32.2. The molecule has 29 heavy (non-hydrogen) atoms. The van der Waals surface area contributed by atoms with Gasteiger partial charge in [0.05, 0.1) is 41.4 Å². The van der Waals surface area contributed by atoms with Crippen molar-refractivity contribution >= 4 is 26.9 Å². The molecule has 1 aliphatic heterocycles. The van der Waals surface area contributed by atoms with Crippen LogP contribution in [-0.4, -0.2) is 37.2 Å². The molecule has 0 unspecified atom stereocenters. The lowest BCUT2D eigenvalue weighted by Gasteiger charge is -2.35. The Morgan fingerprint density at radius 2 is 2.21 bits per heavy atom. The molecule has 0 aliphatic carbocycles. The van der Waals surface area contributed by atoms with Gasteiger partial charge in [-0.05, 0) is 48.6 Å². The number of aliphatic hydroxyl groups is 1. The summed E-state index contributed by atoms with van der Waals surface area (Å²) in [6.07, 6.45) is 0.697. The maximum Gasteiger partial charge on any atom is 0.215 e. The molecule has 2 N–H and O–H groups in total. The first-order valence-corrected chi connectivity index (χ1v) is 11.4. The minimum atomic E-state index is -3.82. The van der Waals surface area contributed by atoms with Crippen LogP contribution in [0, 0.1) is 11.3 Å². The third-order valence-corrected chi connectivity index (χ3v) is 8.31. The fourth-order valence-corrected chi connectivity index (χ4v) is 6.25. The molecule has 1 aliphatic rings. The van der Waals surface area contributed by atoms with Crippen LogP contribution in [0.3, 0.4) is 0 Å². The molecule has 9 heteroatoms. The second kappa shape index (κ2) is 8.24. The number of sulfone groups is 1. The standard InChI is InChI=1S/C20H22N2O5S2/c1-13-11-20(23,6-8-27-13)16-10-19(28-12-16)29(25,26)17-3-4-18(14(2)22-24)15(9-17)5-7-21/h3-4,9-10,12-13,23-24H,5-6,8,11H2,1-2H3/b22-14+/t13-,20+/m0/s1. The van der Waals surface area contributed by atoms with Crippen molar-refractivity contribution in [2.24, 2.45) is 5.16 Å². The van der Waals surface area contributed by atoms with E-state index in [0.29, 0.717) is 41.9 Å². The topological polar surface area (TPSA) is 120 Å². The number of ether oxygens (including phenoxy) is 1. The molecule has 1 aromatic carbocycles. The zero-order chi connectivity index (χ0) is 21.2. The number of hydrogen-bond donors (Lipinski definition) is 2. The van der Waals surface area contributed by atoms with Crippen LogP contribution in [0.25, 0.3) is 0 Å². The van der Waals surface area contributed by atoms with E-state index in [9.17, 15) is 13.5 Å². The predicted molar refractivity (Wildman–Crippen MR) is 108 cm³/mol. The van der Waals surface area contributed by atoms with Gasteiger partial charge in [-0.1, -0.05) is 11.2 Å². The summed E-state index contributed by atoms with van der Waals surface area (Å²) in [5, 5.41) is 33.9. The van der Waals surface area contributed by atoms with E-state index in [2.05, 4.69) is 5.16 Å². The molecule has 3 rings (SSSR count). The molecule has 154 valence electrons. The zero-order valence-corrected chi connectivity index (χ0v) is 17.8. The first-order chi connectivity index (χ1) is 13.7. The van der Waals surface area contributed by atoms with E-state index in [1.54, 1.807) is 12.3 Å². The molecule has 0 spiro atoms. The van der Waals surface area contributed by atoms with Gasteiger partial charge in [-0.15, -0.1) is 11.3 Å². The third kappa shape index (κ3) is 4.21. The fourth-order valence-electron chi connectivity index (χ4n) is 3.52. The lowest BCUT2D eigenvalue weighted by Crippen LogP contribution is -2.37. The highest BCUT2D eigenvalue weighted by molar-refractivity contribution is 7.93. The van der Waals surface area contributed by atoms with Gasteiger partial charge in [0.1, 0.15) is 4.21 Å². The van der Waals surface area contributed by atoms with Gasteiger partial charge in [0.2, 0.25) is 9.84 Å². The quantitative estimate of drug-likeness (QED) is 0.423. The van der Waals surface area contributed by atoms with Crippen molar-refractivity contribution in [2.45, 2.75) is 53.9 Å². The SMILES string of the molecule is C/C(=N\O)c1ccc(S(=O)(=O)c2cc([C@@]3(O)CCO[C@@H](C)C3)cs2)cc1CC#N. The van der Waals surface area contributed by atoms with Gasteiger partial charge >= 0.3 is 0 Å². The van der Waals surface area contributed by atoms with Crippen molar-refractivity contribution in [2.75, 3.05) is 6.61 Å². The predicted octanol–water partition coefficient (Wildman–Crippen LogP) is 3.23. The van der Waals surface area contributed by atoms with Crippen molar-refractivity contribution in [3.63, 3.8) is 0 Å². The Bertz CT molecular complexity index is 1080. The summed E-state index contributed by atoms with van der Waals surface area (Å²) in [4.78, 5) is 0.0537. The Kier molecular flexibility index (Phi) is 6.10. The number of benzene rings is 1. The van der Waals surface area contributed by atoms with Crippen molar-refractivity contribution in [3.05, 3.63) is 46.3 Å². The van der Waals surface area contributed by atoms with Crippen LogP contribution in [0.2, 0.25) is 0 Å². The summed E-state index contributed by atoms with van der Waals surface area (Å²) in [6, 6.07) is 7.94. The minimum Gasteiger partial charge on any atom is -0.411 e. The molecular formula is C20H22N2O5S2.